The third kappa shape index (κ3) is 5.78. The van der Waals surface area contributed by atoms with Gasteiger partial charge in [0.2, 0.25) is 5.91 Å². The molecule has 1 aliphatic rings. The van der Waals surface area contributed by atoms with E-state index >= 15 is 0 Å². The van der Waals surface area contributed by atoms with Crippen molar-refractivity contribution in [3.8, 4) is 11.5 Å². The number of benzene rings is 2. The van der Waals surface area contributed by atoms with Crippen LogP contribution in [0.1, 0.15) is 25.0 Å². The number of carbonyl (C=O) groups is 2. The second-order valence-electron chi connectivity index (χ2n) is 6.20. The maximum Gasteiger partial charge on any atom is 0.286 e. The third-order valence-corrected chi connectivity index (χ3v) is 5.22. The van der Waals surface area contributed by atoms with E-state index in [0.717, 1.165) is 17.3 Å². The first-order valence-electron chi connectivity index (χ1n) is 8.99. The van der Waals surface area contributed by atoms with Crippen LogP contribution >= 0.6 is 35.0 Å². The summed E-state index contributed by atoms with van der Waals surface area (Å²) in [7, 11) is 0. The van der Waals surface area contributed by atoms with Gasteiger partial charge >= 0.3 is 0 Å². The number of nitrogens with one attached hydrogen (secondary N) is 1. The van der Waals surface area contributed by atoms with Crippen LogP contribution in [0.4, 0.5) is 0 Å². The Labute approximate surface area is 188 Å². The number of thioether (sulfide) groups is 1. The number of hydrogen-bond acceptors (Lipinski definition) is 5. The summed E-state index contributed by atoms with van der Waals surface area (Å²) < 4.78 is 11.6. The van der Waals surface area contributed by atoms with Crippen molar-refractivity contribution in [3.05, 3.63) is 62.5 Å². The Hall–Kier alpha value is -2.48. The van der Waals surface area contributed by atoms with Gasteiger partial charge in [0.15, 0.2) is 16.7 Å². The fourth-order valence-electron chi connectivity index (χ4n) is 2.62. The van der Waals surface area contributed by atoms with Crippen LogP contribution in [-0.2, 0) is 16.2 Å². The molecular weight excluding hydrogens is 447 g/mol. The molecule has 9 heteroatoms. The fraction of sp³-hybridized carbons (Fsp3) is 0.190. The molecule has 0 spiro atoms. The van der Waals surface area contributed by atoms with E-state index in [2.05, 4.69) is 10.3 Å². The number of rotatable bonds is 6. The van der Waals surface area contributed by atoms with Crippen LogP contribution in [-0.4, -0.2) is 23.6 Å². The molecule has 30 heavy (non-hydrogen) atoms. The highest BCUT2D eigenvalue weighted by atomic mass is 35.5. The average Bonchev–Trinajstić information content (AvgIpc) is 2.99. The van der Waals surface area contributed by atoms with Crippen LogP contribution in [0.25, 0.3) is 6.08 Å². The van der Waals surface area contributed by atoms with Crippen molar-refractivity contribution in [2.75, 3.05) is 6.61 Å². The van der Waals surface area contributed by atoms with Crippen molar-refractivity contribution >= 4 is 58.0 Å². The molecule has 1 N–H and O–H groups in total. The lowest BCUT2D eigenvalue weighted by atomic mass is 10.1. The Morgan fingerprint density at radius 1 is 1.23 bits per heavy atom. The summed E-state index contributed by atoms with van der Waals surface area (Å²) in [6.45, 7) is 3.88. The molecule has 1 heterocycles. The second kappa shape index (κ2) is 10.0. The van der Waals surface area contributed by atoms with E-state index in [9.17, 15) is 9.59 Å². The number of ether oxygens (including phenoxy) is 2. The normalized spacial score (nSPS) is 14.6. The number of amides is 2. The number of halogens is 2. The van der Waals surface area contributed by atoms with Crippen LogP contribution in [0.15, 0.2) is 46.3 Å². The third-order valence-electron chi connectivity index (χ3n) is 3.81. The van der Waals surface area contributed by atoms with Crippen molar-refractivity contribution < 1.29 is 19.1 Å². The number of aliphatic imine (C=N–C) groups is 1. The van der Waals surface area contributed by atoms with E-state index < -0.39 is 5.91 Å². The summed E-state index contributed by atoms with van der Waals surface area (Å²) in [5.41, 5.74) is 1.54. The van der Waals surface area contributed by atoms with Crippen molar-refractivity contribution in [3.63, 3.8) is 0 Å². The van der Waals surface area contributed by atoms with E-state index in [1.807, 2.05) is 25.1 Å². The van der Waals surface area contributed by atoms with E-state index in [1.54, 1.807) is 24.3 Å². The summed E-state index contributed by atoms with van der Waals surface area (Å²) in [5.74, 6) is 0.135. The Morgan fingerprint density at radius 2 is 2.03 bits per heavy atom. The molecule has 0 atom stereocenters. The highest BCUT2D eigenvalue weighted by Crippen LogP contribution is 2.39. The molecule has 0 saturated heterocycles. The van der Waals surface area contributed by atoms with Gasteiger partial charge in [0.05, 0.1) is 16.5 Å². The predicted octanol–water partition coefficient (Wildman–Crippen LogP) is 5.08. The first kappa shape index (κ1) is 22.2. The summed E-state index contributed by atoms with van der Waals surface area (Å²) in [5, 5.41) is 3.72. The lowest BCUT2D eigenvalue weighted by Crippen LogP contribution is -2.23. The van der Waals surface area contributed by atoms with Gasteiger partial charge in [0.25, 0.3) is 5.91 Å². The summed E-state index contributed by atoms with van der Waals surface area (Å²) >= 11 is 13.5. The zero-order chi connectivity index (χ0) is 21.7. The fourth-order valence-corrected chi connectivity index (χ4v) is 3.97. The molecule has 2 aromatic rings. The lowest BCUT2D eigenvalue weighted by molar-refractivity contribution is -0.117. The molecule has 0 saturated carbocycles. The molecule has 2 amide bonds. The topological polar surface area (TPSA) is 77.0 Å². The molecule has 2 aromatic carbocycles. The second-order valence-corrected chi connectivity index (χ2v) is 8.07. The Bertz CT molecular complexity index is 1050. The summed E-state index contributed by atoms with van der Waals surface area (Å²) in [6, 6.07) is 10.7. The largest absolute Gasteiger partial charge is 0.490 e. The highest BCUT2D eigenvalue weighted by Gasteiger charge is 2.23. The zero-order valence-corrected chi connectivity index (χ0v) is 18.5. The van der Waals surface area contributed by atoms with Gasteiger partial charge in [0.1, 0.15) is 6.61 Å². The quantitative estimate of drug-likeness (QED) is 0.603. The number of amidine groups is 1. The van der Waals surface area contributed by atoms with E-state index in [-0.39, 0.29) is 17.7 Å². The Kier molecular flexibility index (Phi) is 7.42. The van der Waals surface area contributed by atoms with Crippen LogP contribution in [0.5, 0.6) is 11.5 Å². The van der Waals surface area contributed by atoms with Gasteiger partial charge in [-0.3, -0.25) is 9.59 Å². The van der Waals surface area contributed by atoms with Gasteiger partial charge in [0, 0.05) is 11.9 Å². The van der Waals surface area contributed by atoms with Crippen molar-refractivity contribution in [1.82, 2.24) is 5.32 Å². The van der Waals surface area contributed by atoms with Gasteiger partial charge in [-0.15, -0.1) is 0 Å². The molecule has 3 rings (SSSR count). The minimum Gasteiger partial charge on any atom is -0.490 e. The molecule has 0 radical (unpaired) electrons. The Morgan fingerprint density at radius 3 is 2.73 bits per heavy atom. The molecule has 0 fully saturated rings. The van der Waals surface area contributed by atoms with Gasteiger partial charge in [-0.1, -0.05) is 35.3 Å². The summed E-state index contributed by atoms with van der Waals surface area (Å²) in [6.07, 6.45) is 1.64. The monoisotopic (exact) mass is 464 g/mol. The standard InChI is InChI=1S/C21H18Cl2N2O4S/c1-3-28-17-9-14(10-18-20(27)25-21(30-18)24-12(2)26)8-16(23)19(17)29-11-13-5-4-6-15(22)7-13/h4-10H,3,11H2,1-2H3,(H,24,25,26,27)/b18-10-. The van der Waals surface area contributed by atoms with E-state index in [0.29, 0.717) is 38.6 Å². The smallest absolute Gasteiger partial charge is 0.286 e. The first-order valence-corrected chi connectivity index (χ1v) is 10.6. The minimum absolute atomic E-state index is 0.247. The van der Waals surface area contributed by atoms with E-state index in [4.69, 9.17) is 32.7 Å². The highest BCUT2D eigenvalue weighted by molar-refractivity contribution is 8.18. The SMILES string of the molecule is CCOc1cc(/C=C2\SC(NC(C)=O)=NC2=O)cc(Cl)c1OCc1cccc(Cl)c1. The van der Waals surface area contributed by atoms with Gasteiger partial charge in [-0.2, -0.15) is 4.99 Å². The molecule has 0 aliphatic carbocycles. The van der Waals surface area contributed by atoms with Crippen LogP contribution in [0.3, 0.4) is 0 Å². The van der Waals surface area contributed by atoms with Crippen molar-refractivity contribution in [2.45, 2.75) is 20.5 Å². The number of nitrogens with zero attached hydrogens (tertiary/aromatic N) is 1. The molecule has 0 aromatic heterocycles. The average molecular weight is 465 g/mol. The van der Waals surface area contributed by atoms with Crippen molar-refractivity contribution in [1.29, 1.82) is 0 Å². The number of carbonyl (C=O) groups excluding carboxylic acids is 2. The van der Waals surface area contributed by atoms with E-state index in [1.165, 1.54) is 6.92 Å². The lowest BCUT2D eigenvalue weighted by Gasteiger charge is -2.15. The maximum atomic E-state index is 12.1. The summed E-state index contributed by atoms with van der Waals surface area (Å²) in [4.78, 5) is 27.4. The van der Waals surface area contributed by atoms with Gasteiger partial charge in [-0.05, 0) is 60.2 Å². The molecule has 0 unspecified atom stereocenters. The van der Waals surface area contributed by atoms with Crippen LogP contribution in [0.2, 0.25) is 10.0 Å². The zero-order valence-electron chi connectivity index (χ0n) is 16.2. The van der Waals surface area contributed by atoms with Gasteiger partial charge in [-0.25, -0.2) is 0 Å². The minimum atomic E-state index is -0.431. The maximum absolute atomic E-state index is 12.1. The Balaban J connectivity index is 1.82. The molecule has 6 nitrogen and oxygen atoms in total. The number of hydrogen-bond donors (Lipinski definition) is 1. The predicted molar refractivity (Wildman–Crippen MR) is 120 cm³/mol. The molecular formula is C21H18Cl2N2O4S. The molecule has 0 bridgehead atoms. The van der Waals surface area contributed by atoms with Crippen LogP contribution in [0, 0.1) is 0 Å². The van der Waals surface area contributed by atoms with Crippen LogP contribution < -0.4 is 14.8 Å². The molecule has 1 aliphatic heterocycles. The van der Waals surface area contributed by atoms with Gasteiger partial charge < -0.3 is 14.8 Å². The molecule has 156 valence electrons. The van der Waals surface area contributed by atoms with Crippen molar-refractivity contribution in [2.24, 2.45) is 4.99 Å². The first-order chi connectivity index (χ1) is 14.4.